The minimum atomic E-state index is -1.09. The van der Waals surface area contributed by atoms with Crippen LogP contribution in [0.5, 0.6) is 23.0 Å². The van der Waals surface area contributed by atoms with E-state index in [9.17, 15) is 19.2 Å². The Kier molecular flexibility index (Phi) is 11.5. The van der Waals surface area contributed by atoms with E-state index in [1.807, 2.05) is 0 Å². The van der Waals surface area contributed by atoms with Crippen LogP contribution in [0.1, 0.15) is 71.2 Å². The number of unbranched alkanes of at least 4 members (excludes halogenated alkanes) is 2. The van der Waals surface area contributed by atoms with Crippen LogP contribution in [-0.4, -0.2) is 55.9 Å². The summed E-state index contributed by atoms with van der Waals surface area (Å²) in [5, 5.41) is 9.25. The number of hydrogen-bond donors (Lipinski definition) is 1. The Morgan fingerprint density at radius 1 is 0.689 bits per heavy atom. The predicted octanol–water partition coefficient (Wildman–Crippen LogP) is 7.64. The van der Waals surface area contributed by atoms with E-state index in [0.29, 0.717) is 33.5 Å². The summed E-state index contributed by atoms with van der Waals surface area (Å²) in [7, 11) is 2.78. The summed E-state index contributed by atoms with van der Waals surface area (Å²) in [4.78, 5) is 47.4. The lowest BCUT2D eigenvalue weighted by Crippen LogP contribution is -2.04. The number of ketones is 3. The maximum atomic E-state index is 15.4. The van der Waals surface area contributed by atoms with Gasteiger partial charge in [-0.1, -0.05) is 0 Å². The van der Waals surface area contributed by atoms with E-state index < -0.39 is 17.6 Å². The Morgan fingerprint density at radius 2 is 1.13 bits per heavy atom. The van der Waals surface area contributed by atoms with Gasteiger partial charge in [-0.15, -0.1) is 22.7 Å². The van der Waals surface area contributed by atoms with Crippen LogP contribution in [0.3, 0.4) is 0 Å². The number of benzene rings is 2. The lowest BCUT2D eigenvalue weighted by atomic mass is 10.1. The number of methoxy groups -OCH3 is 2. The zero-order valence-corrected chi connectivity index (χ0v) is 26.6. The van der Waals surface area contributed by atoms with Gasteiger partial charge < -0.3 is 28.8 Å². The van der Waals surface area contributed by atoms with Crippen molar-refractivity contribution >= 4 is 66.2 Å². The average molecular weight is 663 g/mol. The number of Topliss-reactive ketones (excluding diaryl/α,β-unsaturated/α-hetero) is 3. The summed E-state index contributed by atoms with van der Waals surface area (Å²) in [6.45, 7) is 1.74. The third kappa shape index (κ3) is 8.14. The summed E-state index contributed by atoms with van der Waals surface area (Å²) in [5.74, 6) is -2.85. The Bertz CT molecular complexity index is 1620. The van der Waals surface area contributed by atoms with Crippen molar-refractivity contribution in [1.82, 2.24) is 0 Å². The van der Waals surface area contributed by atoms with Gasteiger partial charge in [0.1, 0.15) is 5.78 Å². The molecule has 4 rings (SSSR count). The third-order valence-corrected chi connectivity index (χ3v) is 9.15. The maximum absolute atomic E-state index is 15.4. The van der Waals surface area contributed by atoms with Crippen molar-refractivity contribution in [3.05, 3.63) is 45.7 Å². The quantitative estimate of drug-likeness (QED) is 0.0845. The second kappa shape index (κ2) is 15.3. The number of fused-ring (bicyclic) bond motifs is 2. The molecule has 2 heterocycles. The smallest absolute Gasteiger partial charge is 0.303 e. The number of carboxylic acids is 1. The standard InChI is InChI=1S/C32H32F2O9S2/c1-17(35)7-8-20(36)26-13-18-24(44-26)15-22(40-2)31(29(18)33)42-11-5-4-6-12-43-32-23(41-3)16-25-19(30(32)34)14-27(45-25)21(37)9-10-28(38)39/h13-16H,4-12H2,1-3H3,(H,38,39). The molecule has 0 aliphatic heterocycles. The molecule has 13 heteroatoms. The normalized spacial score (nSPS) is 11.1. The van der Waals surface area contributed by atoms with Gasteiger partial charge >= 0.3 is 5.97 Å². The molecule has 0 bridgehead atoms. The molecule has 0 aliphatic carbocycles. The van der Waals surface area contributed by atoms with Gasteiger partial charge in [0.05, 0.1) is 43.6 Å². The van der Waals surface area contributed by atoms with E-state index in [1.54, 1.807) is 12.1 Å². The van der Waals surface area contributed by atoms with Crippen LogP contribution in [-0.2, 0) is 9.59 Å². The largest absolute Gasteiger partial charge is 0.493 e. The van der Waals surface area contributed by atoms with E-state index in [1.165, 1.54) is 33.3 Å². The highest BCUT2D eigenvalue weighted by Gasteiger charge is 2.22. The fourth-order valence-electron chi connectivity index (χ4n) is 4.53. The highest BCUT2D eigenvalue weighted by Crippen LogP contribution is 2.41. The minimum Gasteiger partial charge on any atom is -0.493 e. The highest BCUT2D eigenvalue weighted by molar-refractivity contribution is 7.21. The molecule has 45 heavy (non-hydrogen) atoms. The zero-order valence-electron chi connectivity index (χ0n) is 25.0. The first-order valence-corrected chi connectivity index (χ1v) is 15.8. The second-order valence-corrected chi connectivity index (χ2v) is 12.4. The molecule has 0 aliphatic rings. The number of rotatable bonds is 18. The summed E-state index contributed by atoms with van der Waals surface area (Å²) in [5.41, 5.74) is 0. The number of halogens is 2. The van der Waals surface area contributed by atoms with E-state index >= 15 is 8.78 Å². The molecule has 0 fully saturated rings. The van der Waals surface area contributed by atoms with Crippen LogP contribution in [0.4, 0.5) is 8.78 Å². The first kappa shape index (κ1) is 33.8. The van der Waals surface area contributed by atoms with Crippen molar-refractivity contribution in [1.29, 1.82) is 0 Å². The number of thiophene rings is 2. The molecule has 0 saturated heterocycles. The van der Waals surface area contributed by atoms with Gasteiger partial charge in [-0.05, 0) is 38.3 Å². The molecule has 0 spiro atoms. The average Bonchev–Trinajstić information content (AvgIpc) is 3.65. The second-order valence-electron chi connectivity index (χ2n) is 10.2. The molecule has 0 atom stereocenters. The molecule has 0 unspecified atom stereocenters. The summed E-state index contributed by atoms with van der Waals surface area (Å²) in [6.07, 6.45) is 1.39. The SMILES string of the molecule is COc1cc2sc(C(=O)CCC(C)=O)cc2c(F)c1OCCCCCOc1c(OC)cc2sc(C(=O)CCC(=O)O)cc2c1F. The van der Waals surface area contributed by atoms with Gasteiger partial charge in [-0.3, -0.25) is 14.4 Å². The molecule has 0 saturated carbocycles. The van der Waals surface area contributed by atoms with Gasteiger partial charge in [0, 0.05) is 51.6 Å². The molecular weight excluding hydrogens is 630 g/mol. The van der Waals surface area contributed by atoms with E-state index in [0.717, 1.165) is 22.7 Å². The molecule has 4 aromatic rings. The van der Waals surface area contributed by atoms with Crippen molar-refractivity contribution in [2.75, 3.05) is 27.4 Å². The van der Waals surface area contributed by atoms with Gasteiger partial charge in [0.25, 0.3) is 0 Å². The van der Waals surface area contributed by atoms with E-state index in [4.69, 9.17) is 24.1 Å². The fraction of sp³-hybridized carbons (Fsp3) is 0.375. The molecule has 0 amide bonds. The number of hydrogen-bond acceptors (Lipinski definition) is 10. The van der Waals surface area contributed by atoms with Crippen LogP contribution in [0.25, 0.3) is 20.2 Å². The van der Waals surface area contributed by atoms with Crippen LogP contribution in [0.15, 0.2) is 24.3 Å². The van der Waals surface area contributed by atoms with Crippen LogP contribution < -0.4 is 18.9 Å². The first-order valence-electron chi connectivity index (χ1n) is 14.2. The monoisotopic (exact) mass is 662 g/mol. The molecule has 2 aromatic heterocycles. The minimum absolute atomic E-state index is 0.0570. The Morgan fingerprint density at radius 3 is 1.53 bits per heavy atom. The number of carboxylic acid groups (broad SMARTS) is 1. The molecule has 9 nitrogen and oxygen atoms in total. The number of ether oxygens (including phenoxy) is 4. The third-order valence-electron chi connectivity index (χ3n) is 6.91. The number of carbonyl (C=O) groups is 4. The van der Waals surface area contributed by atoms with Gasteiger partial charge in [-0.2, -0.15) is 0 Å². The summed E-state index contributed by atoms with van der Waals surface area (Å²) >= 11 is 2.20. The number of carbonyl (C=O) groups excluding carboxylic acids is 3. The van der Waals surface area contributed by atoms with Crippen molar-refractivity contribution in [2.24, 2.45) is 0 Å². The van der Waals surface area contributed by atoms with Gasteiger partial charge in [-0.25, -0.2) is 8.78 Å². The van der Waals surface area contributed by atoms with Crippen LogP contribution in [0, 0.1) is 11.6 Å². The molecule has 2 aromatic carbocycles. The van der Waals surface area contributed by atoms with Crippen LogP contribution in [0.2, 0.25) is 0 Å². The first-order chi connectivity index (χ1) is 21.5. The number of aliphatic carboxylic acids is 1. The Hall–Kier alpha value is -4.10. The van der Waals surface area contributed by atoms with Crippen molar-refractivity contribution in [3.63, 3.8) is 0 Å². The van der Waals surface area contributed by atoms with E-state index in [-0.39, 0.29) is 94.9 Å². The van der Waals surface area contributed by atoms with Gasteiger partial charge in [0.2, 0.25) is 0 Å². The maximum Gasteiger partial charge on any atom is 0.303 e. The molecule has 0 radical (unpaired) electrons. The highest BCUT2D eigenvalue weighted by atomic mass is 32.1. The zero-order chi connectivity index (χ0) is 32.7. The molecular formula is C32H32F2O9S2. The Balaban J connectivity index is 1.33. The lowest BCUT2D eigenvalue weighted by Gasteiger charge is -2.13. The van der Waals surface area contributed by atoms with Crippen molar-refractivity contribution in [3.8, 4) is 23.0 Å². The van der Waals surface area contributed by atoms with Gasteiger partial charge in [0.15, 0.2) is 46.2 Å². The molecule has 1 N–H and O–H groups in total. The van der Waals surface area contributed by atoms with Crippen LogP contribution >= 0.6 is 22.7 Å². The Labute approximate surface area is 265 Å². The lowest BCUT2D eigenvalue weighted by molar-refractivity contribution is -0.137. The van der Waals surface area contributed by atoms with E-state index in [2.05, 4.69) is 0 Å². The predicted molar refractivity (Wildman–Crippen MR) is 167 cm³/mol. The topological polar surface area (TPSA) is 125 Å². The van der Waals surface area contributed by atoms with Crippen molar-refractivity contribution < 1.29 is 52.0 Å². The van der Waals surface area contributed by atoms with Crippen molar-refractivity contribution in [2.45, 2.75) is 51.9 Å². The summed E-state index contributed by atoms with van der Waals surface area (Å²) in [6, 6.07) is 6.07. The molecule has 240 valence electrons. The summed E-state index contributed by atoms with van der Waals surface area (Å²) < 4.78 is 53.8. The fourth-order valence-corrected chi connectivity index (χ4v) is 6.64.